The standard InChI is InChI=1S/C18H13FN4O2/c1-11(21-17(24)14-4-2-3-12(9-14)10-20)18-22-16(23-25-18)13-5-7-15(19)8-6-13/h2-9,11H,1H3,(H,21,24)/t11-/m1/s1. The zero-order valence-corrected chi connectivity index (χ0v) is 13.2. The van der Waals surface area contributed by atoms with Gasteiger partial charge in [0.2, 0.25) is 11.7 Å². The number of benzene rings is 2. The van der Waals surface area contributed by atoms with Crippen LogP contribution in [0, 0.1) is 17.1 Å². The smallest absolute Gasteiger partial charge is 0.251 e. The van der Waals surface area contributed by atoms with E-state index in [9.17, 15) is 9.18 Å². The summed E-state index contributed by atoms with van der Waals surface area (Å²) in [5.41, 5.74) is 1.37. The minimum atomic E-state index is -0.528. The Bertz CT molecular complexity index is 944. The summed E-state index contributed by atoms with van der Waals surface area (Å²) < 4.78 is 18.1. The molecule has 1 heterocycles. The van der Waals surface area contributed by atoms with Crippen molar-refractivity contribution < 1.29 is 13.7 Å². The van der Waals surface area contributed by atoms with Crippen LogP contribution in [0.3, 0.4) is 0 Å². The Morgan fingerprint density at radius 1 is 1.28 bits per heavy atom. The van der Waals surface area contributed by atoms with Crippen molar-refractivity contribution in [3.63, 3.8) is 0 Å². The fourth-order valence-corrected chi connectivity index (χ4v) is 2.20. The van der Waals surface area contributed by atoms with Gasteiger partial charge >= 0.3 is 0 Å². The lowest BCUT2D eigenvalue weighted by Gasteiger charge is -2.09. The van der Waals surface area contributed by atoms with Crippen molar-refractivity contribution in [2.75, 3.05) is 0 Å². The molecule has 1 N–H and O–H groups in total. The number of nitriles is 1. The molecule has 0 unspecified atom stereocenters. The van der Waals surface area contributed by atoms with Crippen molar-refractivity contribution in [1.29, 1.82) is 5.26 Å². The molecule has 1 aromatic heterocycles. The summed E-state index contributed by atoms with van der Waals surface area (Å²) in [4.78, 5) is 16.5. The number of halogens is 1. The first kappa shape index (κ1) is 16.3. The van der Waals surface area contributed by atoms with E-state index in [1.807, 2.05) is 6.07 Å². The Morgan fingerprint density at radius 3 is 2.76 bits per heavy atom. The normalized spacial score (nSPS) is 11.6. The van der Waals surface area contributed by atoms with E-state index in [1.165, 1.54) is 18.2 Å². The van der Waals surface area contributed by atoms with Gasteiger partial charge in [0, 0.05) is 11.1 Å². The molecule has 0 bridgehead atoms. The van der Waals surface area contributed by atoms with Crippen LogP contribution in [0.4, 0.5) is 4.39 Å². The van der Waals surface area contributed by atoms with Crippen molar-refractivity contribution in [2.45, 2.75) is 13.0 Å². The van der Waals surface area contributed by atoms with E-state index in [-0.39, 0.29) is 17.6 Å². The summed E-state index contributed by atoms with van der Waals surface area (Å²) >= 11 is 0. The molecule has 0 saturated heterocycles. The predicted molar refractivity (Wildman–Crippen MR) is 86.7 cm³/mol. The second kappa shape index (κ2) is 6.93. The van der Waals surface area contributed by atoms with E-state index in [0.29, 0.717) is 22.5 Å². The molecule has 0 aliphatic rings. The third-order valence-corrected chi connectivity index (χ3v) is 3.52. The molecule has 1 amide bonds. The summed E-state index contributed by atoms with van der Waals surface area (Å²) in [6.07, 6.45) is 0. The molecule has 124 valence electrons. The average molecular weight is 336 g/mol. The van der Waals surface area contributed by atoms with Crippen LogP contribution in [0.1, 0.15) is 34.8 Å². The van der Waals surface area contributed by atoms with E-state index in [2.05, 4.69) is 15.5 Å². The SMILES string of the molecule is C[C@@H](NC(=O)c1cccc(C#N)c1)c1nc(-c2ccc(F)cc2)no1. The van der Waals surface area contributed by atoms with Crippen molar-refractivity contribution in [3.05, 3.63) is 71.4 Å². The topological polar surface area (TPSA) is 91.8 Å². The molecular formula is C18H13FN4O2. The van der Waals surface area contributed by atoms with Crippen molar-refractivity contribution >= 4 is 5.91 Å². The highest BCUT2D eigenvalue weighted by molar-refractivity contribution is 5.94. The van der Waals surface area contributed by atoms with Gasteiger partial charge in [-0.3, -0.25) is 4.79 Å². The zero-order chi connectivity index (χ0) is 17.8. The Kier molecular flexibility index (Phi) is 4.53. The van der Waals surface area contributed by atoms with Crippen LogP contribution in [0.5, 0.6) is 0 Å². The summed E-state index contributed by atoms with van der Waals surface area (Å²) in [5, 5.41) is 15.5. The van der Waals surface area contributed by atoms with Crippen LogP contribution >= 0.6 is 0 Å². The number of carbonyl (C=O) groups is 1. The molecule has 3 rings (SSSR count). The van der Waals surface area contributed by atoms with Crippen LogP contribution in [0.2, 0.25) is 0 Å². The number of hydrogen-bond donors (Lipinski definition) is 1. The van der Waals surface area contributed by atoms with Crippen molar-refractivity contribution in [1.82, 2.24) is 15.5 Å². The average Bonchev–Trinajstić information content (AvgIpc) is 3.12. The highest BCUT2D eigenvalue weighted by Crippen LogP contribution is 2.19. The molecule has 3 aromatic rings. The maximum absolute atomic E-state index is 13.0. The molecule has 1 atom stereocenters. The largest absolute Gasteiger partial charge is 0.341 e. The summed E-state index contributed by atoms with van der Waals surface area (Å²) in [5.74, 6) is -0.175. The van der Waals surface area contributed by atoms with Gasteiger partial charge in [-0.1, -0.05) is 11.2 Å². The maximum Gasteiger partial charge on any atom is 0.251 e. The molecule has 0 fully saturated rings. The van der Waals surface area contributed by atoms with E-state index >= 15 is 0 Å². The molecule has 7 heteroatoms. The lowest BCUT2D eigenvalue weighted by molar-refractivity contribution is 0.0932. The van der Waals surface area contributed by atoms with E-state index in [0.717, 1.165) is 0 Å². The van der Waals surface area contributed by atoms with Gasteiger partial charge in [0.1, 0.15) is 11.9 Å². The van der Waals surface area contributed by atoms with Gasteiger partial charge in [-0.15, -0.1) is 0 Å². The van der Waals surface area contributed by atoms with Crippen LogP contribution < -0.4 is 5.32 Å². The van der Waals surface area contributed by atoms with Gasteiger partial charge in [-0.25, -0.2) is 4.39 Å². The molecule has 0 spiro atoms. The summed E-state index contributed by atoms with van der Waals surface area (Å²) in [7, 11) is 0. The van der Waals surface area contributed by atoms with E-state index in [1.54, 1.807) is 37.3 Å². The third kappa shape index (κ3) is 3.70. The van der Waals surface area contributed by atoms with Crippen LogP contribution in [0.25, 0.3) is 11.4 Å². The monoisotopic (exact) mass is 336 g/mol. The minimum Gasteiger partial charge on any atom is -0.341 e. The fraction of sp³-hybridized carbons (Fsp3) is 0.111. The highest BCUT2D eigenvalue weighted by atomic mass is 19.1. The van der Waals surface area contributed by atoms with E-state index < -0.39 is 6.04 Å². The van der Waals surface area contributed by atoms with Gasteiger partial charge in [0.15, 0.2) is 0 Å². The predicted octanol–water partition coefficient (Wildman–Crippen LogP) is 3.24. The van der Waals surface area contributed by atoms with Gasteiger partial charge < -0.3 is 9.84 Å². The molecule has 0 saturated carbocycles. The molecular weight excluding hydrogens is 323 g/mol. The molecule has 25 heavy (non-hydrogen) atoms. The van der Waals surface area contributed by atoms with E-state index in [4.69, 9.17) is 9.78 Å². The summed E-state index contributed by atoms with van der Waals surface area (Å²) in [6, 6.07) is 13.5. The van der Waals surface area contributed by atoms with Crippen molar-refractivity contribution in [2.24, 2.45) is 0 Å². The Hall–Kier alpha value is -3.53. The first-order chi connectivity index (χ1) is 12.1. The fourth-order valence-electron chi connectivity index (χ4n) is 2.20. The Labute approximate surface area is 142 Å². The third-order valence-electron chi connectivity index (χ3n) is 3.52. The molecule has 2 aromatic carbocycles. The molecule has 0 aliphatic heterocycles. The maximum atomic E-state index is 13.0. The first-order valence-corrected chi connectivity index (χ1v) is 7.47. The zero-order valence-electron chi connectivity index (χ0n) is 13.2. The lowest BCUT2D eigenvalue weighted by atomic mass is 10.1. The van der Waals surface area contributed by atoms with Crippen LogP contribution in [-0.4, -0.2) is 16.0 Å². The van der Waals surface area contributed by atoms with Gasteiger partial charge in [-0.05, 0) is 49.4 Å². The second-order valence-corrected chi connectivity index (χ2v) is 5.35. The number of nitrogens with one attached hydrogen (secondary N) is 1. The number of hydrogen-bond acceptors (Lipinski definition) is 5. The number of amides is 1. The van der Waals surface area contributed by atoms with Gasteiger partial charge in [0.25, 0.3) is 5.91 Å². The van der Waals surface area contributed by atoms with Gasteiger partial charge in [0.05, 0.1) is 11.6 Å². The Balaban J connectivity index is 1.73. The quantitative estimate of drug-likeness (QED) is 0.789. The van der Waals surface area contributed by atoms with Crippen molar-refractivity contribution in [3.8, 4) is 17.5 Å². The number of aromatic nitrogens is 2. The number of rotatable bonds is 4. The van der Waals surface area contributed by atoms with Crippen LogP contribution in [-0.2, 0) is 0 Å². The number of nitrogens with zero attached hydrogens (tertiary/aromatic N) is 3. The summed E-state index contributed by atoms with van der Waals surface area (Å²) in [6.45, 7) is 1.70. The molecule has 0 radical (unpaired) electrons. The number of carbonyl (C=O) groups excluding carboxylic acids is 1. The van der Waals surface area contributed by atoms with Gasteiger partial charge in [-0.2, -0.15) is 10.2 Å². The molecule has 6 nitrogen and oxygen atoms in total. The minimum absolute atomic E-state index is 0.226. The molecule has 0 aliphatic carbocycles. The Morgan fingerprint density at radius 2 is 2.04 bits per heavy atom. The second-order valence-electron chi connectivity index (χ2n) is 5.35. The first-order valence-electron chi connectivity index (χ1n) is 7.47. The van der Waals surface area contributed by atoms with Crippen LogP contribution in [0.15, 0.2) is 53.1 Å². The highest BCUT2D eigenvalue weighted by Gasteiger charge is 2.18. The lowest BCUT2D eigenvalue weighted by Crippen LogP contribution is -2.26.